The third-order valence-electron chi connectivity index (χ3n) is 5.66. The lowest BCUT2D eigenvalue weighted by Gasteiger charge is -2.23. The minimum atomic E-state index is -0.903. The van der Waals surface area contributed by atoms with Crippen molar-refractivity contribution < 1.29 is 19.1 Å². The molecule has 1 aliphatic carbocycles. The Morgan fingerprint density at radius 2 is 2.14 bits per heavy atom. The van der Waals surface area contributed by atoms with Crippen LogP contribution in [0.1, 0.15) is 38.2 Å². The molecule has 28 heavy (non-hydrogen) atoms. The van der Waals surface area contributed by atoms with E-state index < -0.39 is 11.4 Å². The Morgan fingerprint density at radius 1 is 1.32 bits per heavy atom. The number of esters is 1. The molecule has 1 amide bonds. The van der Waals surface area contributed by atoms with Crippen molar-refractivity contribution in [3.8, 4) is 0 Å². The SMILES string of the molecule is C=C1/C=C2/OCC3(C(=O)N(CC(=O)OCC)c4ccccc43)/C2=C/CCCC1. The van der Waals surface area contributed by atoms with E-state index in [0.29, 0.717) is 0 Å². The number of nitrogens with zero attached hydrogens (tertiary/aromatic N) is 1. The minimum absolute atomic E-state index is 0.0928. The Balaban J connectivity index is 1.81. The number of carbonyl (C=O) groups is 2. The van der Waals surface area contributed by atoms with E-state index in [2.05, 4.69) is 12.7 Å². The second-order valence-electron chi connectivity index (χ2n) is 7.44. The summed E-state index contributed by atoms with van der Waals surface area (Å²) in [5, 5.41) is 0. The first-order valence-corrected chi connectivity index (χ1v) is 9.88. The number of carbonyl (C=O) groups excluding carboxylic acids is 2. The fraction of sp³-hybridized carbons (Fsp3) is 0.391. The van der Waals surface area contributed by atoms with Crippen molar-refractivity contribution in [2.24, 2.45) is 0 Å². The molecule has 5 heteroatoms. The second kappa shape index (κ2) is 7.30. The van der Waals surface area contributed by atoms with Crippen molar-refractivity contribution in [3.05, 3.63) is 65.5 Å². The maximum atomic E-state index is 13.7. The number of anilines is 1. The molecule has 4 rings (SSSR count). The lowest BCUT2D eigenvalue weighted by atomic mass is 9.76. The van der Waals surface area contributed by atoms with Crippen LogP contribution in [0.3, 0.4) is 0 Å². The average Bonchev–Trinajstić information content (AvgIpc) is 3.16. The second-order valence-corrected chi connectivity index (χ2v) is 7.44. The first kappa shape index (κ1) is 18.5. The smallest absolute Gasteiger partial charge is 0.326 e. The zero-order valence-corrected chi connectivity index (χ0v) is 16.2. The van der Waals surface area contributed by atoms with Gasteiger partial charge in [0, 0.05) is 11.3 Å². The van der Waals surface area contributed by atoms with Crippen molar-refractivity contribution in [3.63, 3.8) is 0 Å². The van der Waals surface area contributed by atoms with Crippen molar-refractivity contribution in [1.29, 1.82) is 0 Å². The summed E-state index contributed by atoms with van der Waals surface area (Å²) in [6.07, 6.45) is 8.04. The Kier molecular flexibility index (Phi) is 4.84. The maximum absolute atomic E-state index is 13.7. The van der Waals surface area contributed by atoms with Gasteiger partial charge in [0.2, 0.25) is 5.91 Å². The van der Waals surface area contributed by atoms with Crippen LogP contribution < -0.4 is 4.90 Å². The van der Waals surface area contributed by atoms with Gasteiger partial charge in [-0.05, 0) is 50.3 Å². The van der Waals surface area contributed by atoms with Crippen LogP contribution in [-0.4, -0.2) is 31.6 Å². The number of hydrogen-bond acceptors (Lipinski definition) is 4. The van der Waals surface area contributed by atoms with Crippen LogP contribution in [0.25, 0.3) is 0 Å². The van der Waals surface area contributed by atoms with Gasteiger partial charge in [-0.25, -0.2) is 0 Å². The van der Waals surface area contributed by atoms with Gasteiger partial charge in [0.05, 0.1) is 6.61 Å². The molecule has 1 saturated heterocycles. The van der Waals surface area contributed by atoms with E-state index >= 15 is 0 Å². The number of amides is 1. The summed E-state index contributed by atoms with van der Waals surface area (Å²) in [5.41, 5.74) is 2.66. The van der Waals surface area contributed by atoms with E-state index in [1.165, 1.54) is 0 Å². The lowest BCUT2D eigenvalue weighted by molar-refractivity contribution is -0.142. The highest BCUT2D eigenvalue weighted by molar-refractivity contribution is 6.13. The Labute approximate surface area is 165 Å². The van der Waals surface area contributed by atoms with Crippen LogP contribution in [0.15, 0.2) is 59.9 Å². The zero-order chi connectivity index (χ0) is 19.7. The van der Waals surface area contributed by atoms with Gasteiger partial charge in [0.1, 0.15) is 24.3 Å². The number of para-hydroxylation sites is 1. The van der Waals surface area contributed by atoms with Crippen molar-refractivity contribution in [1.82, 2.24) is 0 Å². The summed E-state index contributed by atoms with van der Waals surface area (Å²) in [6, 6.07) is 7.66. The number of allylic oxidation sites excluding steroid dienone is 4. The average molecular weight is 379 g/mol. The Bertz CT molecular complexity index is 898. The van der Waals surface area contributed by atoms with Gasteiger partial charge in [0.25, 0.3) is 0 Å². The molecule has 0 bridgehead atoms. The summed E-state index contributed by atoms with van der Waals surface area (Å²) >= 11 is 0. The zero-order valence-electron chi connectivity index (χ0n) is 16.2. The number of ether oxygens (including phenoxy) is 2. The van der Waals surface area contributed by atoms with Gasteiger partial charge in [-0.1, -0.05) is 36.4 Å². The molecule has 1 aromatic rings. The van der Waals surface area contributed by atoms with E-state index in [9.17, 15) is 9.59 Å². The largest absolute Gasteiger partial charge is 0.491 e. The molecular formula is C23H25NO4. The molecule has 2 aliphatic heterocycles. The molecule has 0 aromatic heterocycles. The third-order valence-corrected chi connectivity index (χ3v) is 5.66. The summed E-state index contributed by atoms with van der Waals surface area (Å²) in [7, 11) is 0. The first-order valence-electron chi connectivity index (χ1n) is 9.88. The van der Waals surface area contributed by atoms with Crippen LogP contribution in [0, 0.1) is 0 Å². The highest BCUT2D eigenvalue weighted by Crippen LogP contribution is 2.52. The normalized spacial score (nSPS) is 27.5. The van der Waals surface area contributed by atoms with E-state index in [1.54, 1.807) is 11.8 Å². The van der Waals surface area contributed by atoms with E-state index in [0.717, 1.165) is 53.8 Å². The number of fused-ring (bicyclic) bond motifs is 4. The molecule has 3 aliphatic rings. The van der Waals surface area contributed by atoms with Crippen molar-refractivity contribution in [2.75, 3.05) is 24.7 Å². The quantitative estimate of drug-likeness (QED) is 0.750. The van der Waals surface area contributed by atoms with Crippen LogP contribution >= 0.6 is 0 Å². The monoisotopic (exact) mass is 379 g/mol. The number of hydrogen-bond donors (Lipinski definition) is 0. The van der Waals surface area contributed by atoms with Gasteiger partial charge in [-0.15, -0.1) is 0 Å². The van der Waals surface area contributed by atoms with Gasteiger partial charge in [-0.3, -0.25) is 14.5 Å². The molecule has 1 spiro atoms. The van der Waals surface area contributed by atoms with E-state index in [-0.39, 0.29) is 25.7 Å². The standard InChI is InChI=1S/C23H25NO4/c1-3-27-21(25)14-24-19-12-8-7-10-17(19)23(22(24)26)15-28-20-13-16(2)9-5-4-6-11-18(20)23/h7-8,10-13H,2-6,9,14-15H2,1H3/b18-11+,20-13+. The maximum Gasteiger partial charge on any atom is 0.326 e. The highest BCUT2D eigenvalue weighted by Gasteiger charge is 2.58. The fourth-order valence-electron chi connectivity index (χ4n) is 4.36. The van der Waals surface area contributed by atoms with Crippen LogP contribution in [0.2, 0.25) is 0 Å². The molecular weight excluding hydrogens is 354 g/mol. The molecule has 0 N–H and O–H groups in total. The summed E-state index contributed by atoms with van der Waals surface area (Å²) < 4.78 is 11.1. The van der Waals surface area contributed by atoms with Gasteiger partial charge >= 0.3 is 5.97 Å². The van der Waals surface area contributed by atoms with Gasteiger partial charge in [-0.2, -0.15) is 0 Å². The van der Waals surface area contributed by atoms with Gasteiger partial charge < -0.3 is 9.47 Å². The van der Waals surface area contributed by atoms with E-state index in [1.807, 2.05) is 30.3 Å². The van der Waals surface area contributed by atoms with Crippen molar-refractivity contribution in [2.45, 2.75) is 38.0 Å². The van der Waals surface area contributed by atoms with Crippen LogP contribution in [0.4, 0.5) is 5.69 Å². The molecule has 5 nitrogen and oxygen atoms in total. The topological polar surface area (TPSA) is 55.8 Å². The summed E-state index contributed by atoms with van der Waals surface area (Å²) in [6.45, 7) is 6.33. The molecule has 146 valence electrons. The number of rotatable bonds is 3. The van der Waals surface area contributed by atoms with E-state index in [4.69, 9.17) is 9.47 Å². The molecule has 1 unspecified atom stereocenters. The molecule has 0 saturated carbocycles. The molecule has 2 heterocycles. The van der Waals surface area contributed by atoms with Crippen LogP contribution in [-0.2, 0) is 24.5 Å². The Hall–Kier alpha value is -2.82. The van der Waals surface area contributed by atoms with Crippen molar-refractivity contribution >= 4 is 17.6 Å². The fourth-order valence-corrected chi connectivity index (χ4v) is 4.36. The lowest BCUT2D eigenvalue weighted by Crippen LogP contribution is -2.44. The molecule has 1 aromatic carbocycles. The third kappa shape index (κ3) is 2.86. The van der Waals surface area contributed by atoms with Gasteiger partial charge in [0.15, 0.2) is 0 Å². The van der Waals surface area contributed by atoms with Crippen LogP contribution in [0.5, 0.6) is 0 Å². The predicted molar refractivity (Wildman–Crippen MR) is 107 cm³/mol. The molecule has 1 atom stereocenters. The highest BCUT2D eigenvalue weighted by atomic mass is 16.5. The minimum Gasteiger partial charge on any atom is -0.491 e. The summed E-state index contributed by atoms with van der Waals surface area (Å²) in [5.74, 6) is 0.198. The molecule has 1 fully saturated rings. The Morgan fingerprint density at radius 3 is 2.96 bits per heavy atom. The first-order chi connectivity index (χ1) is 13.6. The number of benzene rings is 1. The predicted octanol–water partition coefficient (Wildman–Crippen LogP) is 3.80. The molecule has 0 radical (unpaired) electrons. The summed E-state index contributed by atoms with van der Waals surface area (Å²) in [4.78, 5) is 27.4.